The first kappa shape index (κ1) is 16.6. The third-order valence-corrected chi connectivity index (χ3v) is 3.22. The van der Waals surface area contributed by atoms with Crippen molar-refractivity contribution in [1.29, 1.82) is 0 Å². The molecule has 2 aromatic rings. The number of pyridine rings is 1. The number of ether oxygens (including phenoxy) is 2. The van der Waals surface area contributed by atoms with Crippen molar-refractivity contribution in [3.05, 3.63) is 42.2 Å². The highest BCUT2D eigenvalue weighted by atomic mass is 16.5. The Balaban J connectivity index is 2.06. The van der Waals surface area contributed by atoms with Crippen molar-refractivity contribution in [2.75, 3.05) is 31.4 Å². The van der Waals surface area contributed by atoms with Gasteiger partial charge in [-0.15, -0.1) is 0 Å². The van der Waals surface area contributed by atoms with Gasteiger partial charge < -0.3 is 20.1 Å². The normalized spacial score (nSPS) is 10.0. The topological polar surface area (TPSA) is 72.5 Å². The van der Waals surface area contributed by atoms with Gasteiger partial charge in [0.15, 0.2) is 11.5 Å². The zero-order chi connectivity index (χ0) is 16.7. The van der Waals surface area contributed by atoms with Crippen molar-refractivity contribution in [3.63, 3.8) is 0 Å². The fourth-order valence-corrected chi connectivity index (χ4v) is 2.01. The van der Waals surface area contributed by atoms with Crippen LogP contribution in [-0.4, -0.2) is 31.7 Å². The lowest BCUT2D eigenvalue weighted by Crippen LogP contribution is -2.14. The molecule has 1 aromatic heterocycles. The molecule has 0 fully saturated rings. The van der Waals surface area contributed by atoms with Gasteiger partial charge in [0.2, 0.25) is 0 Å². The van der Waals surface area contributed by atoms with Crippen LogP contribution in [-0.2, 0) is 0 Å². The number of carbonyl (C=O) groups excluding carboxylic acids is 1. The fourth-order valence-electron chi connectivity index (χ4n) is 2.01. The van der Waals surface area contributed by atoms with E-state index in [0.29, 0.717) is 22.9 Å². The number of nitrogens with one attached hydrogen (secondary N) is 2. The lowest BCUT2D eigenvalue weighted by atomic mass is 10.2. The molecule has 6 heteroatoms. The average molecular weight is 315 g/mol. The molecule has 0 atom stereocenters. The van der Waals surface area contributed by atoms with Crippen LogP contribution in [0.3, 0.4) is 0 Å². The minimum Gasteiger partial charge on any atom is -0.493 e. The molecule has 1 amide bonds. The molecule has 1 aromatic carbocycles. The molecule has 0 aliphatic heterocycles. The van der Waals surface area contributed by atoms with Crippen LogP contribution in [0, 0.1) is 0 Å². The first-order valence-corrected chi connectivity index (χ1v) is 7.41. The Kier molecular flexibility index (Phi) is 5.80. The van der Waals surface area contributed by atoms with E-state index in [1.807, 2.05) is 6.07 Å². The molecule has 0 radical (unpaired) electrons. The van der Waals surface area contributed by atoms with E-state index < -0.39 is 0 Å². The van der Waals surface area contributed by atoms with Crippen LogP contribution < -0.4 is 20.1 Å². The molecule has 2 N–H and O–H groups in total. The predicted molar refractivity (Wildman–Crippen MR) is 90.5 cm³/mol. The Bertz CT molecular complexity index is 657. The van der Waals surface area contributed by atoms with Crippen molar-refractivity contribution in [2.24, 2.45) is 0 Å². The number of nitrogens with zero attached hydrogens (tertiary/aromatic N) is 1. The molecule has 0 saturated carbocycles. The molecule has 2 rings (SSSR count). The molecule has 1 heterocycles. The maximum absolute atomic E-state index is 12.2. The van der Waals surface area contributed by atoms with E-state index in [1.165, 1.54) is 0 Å². The monoisotopic (exact) mass is 315 g/mol. The van der Waals surface area contributed by atoms with Gasteiger partial charge in [0.25, 0.3) is 5.91 Å². The summed E-state index contributed by atoms with van der Waals surface area (Å²) in [5.41, 5.74) is 1.86. The minimum absolute atomic E-state index is 0.278. The second-order valence-electron chi connectivity index (χ2n) is 4.88. The van der Waals surface area contributed by atoms with Crippen LogP contribution in [0.2, 0.25) is 0 Å². The number of carbonyl (C=O) groups is 1. The third-order valence-electron chi connectivity index (χ3n) is 3.22. The molecule has 0 bridgehead atoms. The van der Waals surface area contributed by atoms with Crippen molar-refractivity contribution in [3.8, 4) is 11.5 Å². The number of benzene rings is 1. The number of anilines is 2. The van der Waals surface area contributed by atoms with E-state index in [9.17, 15) is 4.79 Å². The van der Waals surface area contributed by atoms with Gasteiger partial charge in [-0.3, -0.25) is 4.79 Å². The molecule has 0 unspecified atom stereocenters. The number of aromatic nitrogens is 1. The highest BCUT2D eigenvalue weighted by Crippen LogP contribution is 2.29. The SMILES string of the molecule is CCCNc1ccc(C(=O)Nc2ccc(OC)c(OC)c2)nc1. The Morgan fingerprint density at radius 1 is 1.09 bits per heavy atom. The summed E-state index contributed by atoms with van der Waals surface area (Å²) in [4.78, 5) is 16.4. The van der Waals surface area contributed by atoms with Crippen molar-refractivity contribution in [1.82, 2.24) is 4.98 Å². The highest BCUT2D eigenvalue weighted by molar-refractivity contribution is 6.03. The lowest BCUT2D eigenvalue weighted by molar-refractivity contribution is 0.102. The van der Waals surface area contributed by atoms with E-state index in [-0.39, 0.29) is 5.91 Å². The number of methoxy groups -OCH3 is 2. The second-order valence-corrected chi connectivity index (χ2v) is 4.88. The maximum atomic E-state index is 12.2. The Morgan fingerprint density at radius 2 is 1.83 bits per heavy atom. The van der Waals surface area contributed by atoms with Gasteiger partial charge in [-0.2, -0.15) is 0 Å². The molecule has 23 heavy (non-hydrogen) atoms. The quantitative estimate of drug-likeness (QED) is 0.821. The average Bonchev–Trinajstić information content (AvgIpc) is 2.60. The fraction of sp³-hybridized carbons (Fsp3) is 0.294. The number of hydrogen-bond donors (Lipinski definition) is 2. The van der Waals surface area contributed by atoms with Crippen LogP contribution in [0.5, 0.6) is 11.5 Å². The van der Waals surface area contributed by atoms with Crippen LogP contribution in [0.25, 0.3) is 0 Å². The Hall–Kier alpha value is -2.76. The molecule has 6 nitrogen and oxygen atoms in total. The molecule has 0 saturated heterocycles. The van der Waals surface area contributed by atoms with Crippen LogP contribution >= 0.6 is 0 Å². The van der Waals surface area contributed by atoms with Gasteiger partial charge in [-0.05, 0) is 30.7 Å². The first-order valence-electron chi connectivity index (χ1n) is 7.41. The van der Waals surface area contributed by atoms with Crippen LogP contribution in [0.15, 0.2) is 36.5 Å². The molecule has 122 valence electrons. The van der Waals surface area contributed by atoms with Gasteiger partial charge in [-0.25, -0.2) is 4.98 Å². The molecule has 0 aliphatic carbocycles. The Labute approximate surface area is 135 Å². The van der Waals surface area contributed by atoms with E-state index in [1.54, 1.807) is 44.7 Å². The summed E-state index contributed by atoms with van der Waals surface area (Å²) in [6.45, 7) is 2.96. The van der Waals surface area contributed by atoms with Crippen molar-refractivity contribution in [2.45, 2.75) is 13.3 Å². The van der Waals surface area contributed by atoms with Gasteiger partial charge in [0.1, 0.15) is 5.69 Å². The summed E-state index contributed by atoms with van der Waals surface area (Å²) in [5, 5.41) is 6.00. The summed E-state index contributed by atoms with van der Waals surface area (Å²) >= 11 is 0. The van der Waals surface area contributed by atoms with Gasteiger partial charge >= 0.3 is 0 Å². The second kappa shape index (κ2) is 8.03. The minimum atomic E-state index is -0.278. The number of amides is 1. The summed E-state index contributed by atoms with van der Waals surface area (Å²) in [5.74, 6) is 0.881. The van der Waals surface area contributed by atoms with Crippen molar-refractivity contribution < 1.29 is 14.3 Å². The number of hydrogen-bond acceptors (Lipinski definition) is 5. The van der Waals surface area contributed by atoms with Gasteiger partial charge in [0, 0.05) is 18.3 Å². The van der Waals surface area contributed by atoms with Gasteiger partial charge in [0.05, 0.1) is 26.1 Å². The van der Waals surface area contributed by atoms with Crippen LogP contribution in [0.4, 0.5) is 11.4 Å². The molecule has 0 spiro atoms. The van der Waals surface area contributed by atoms with E-state index >= 15 is 0 Å². The molecular formula is C17H21N3O3. The highest BCUT2D eigenvalue weighted by Gasteiger charge is 2.10. The van der Waals surface area contributed by atoms with Crippen molar-refractivity contribution >= 4 is 17.3 Å². The third kappa shape index (κ3) is 4.35. The van der Waals surface area contributed by atoms with E-state index in [4.69, 9.17) is 9.47 Å². The number of rotatable bonds is 7. The van der Waals surface area contributed by atoms with E-state index in [2.05, 4.69) is 22.5 Å². The maximum Gasteiger partial charge on any atom is 0.274 e. The summed E-state index contributed by atoms with van der Waals surface area (Å²) in [7, 11) is 3.11. The molecular weight excluding hydrogens is 294 g/mol. The predicted octanol–water partition coefficient (Wildman–Crippen LogP) is 3.17. The summed E-state index contributed by atoms with van der Waals surface area (Å²) in [6, 6.07) is 8.71. The largest absolute Gasteiger partial charge is 0.493 e. The zero-order valence-electron chi connectivity index (χ0n) is 13.6. The zero-order valence-corrected chi connectivity index (χ0v) is 13.6. The Morgan fingerprint density at radius 3 is 2.43 bits per heavy atom. The molecule has 0 aliphatic rings. The summed E-state index contributed by atoms with van der Waals surface area (Å²) < 4.78 is 10.4. The smallest absolute Gasteiger partial charge is 0.274 e. The standard InChI is InChI=1S/C17H21N3O3/c1-4-9-18-13-5-7-14(19-11-13)17(21)20-12-6-8-15(22-2)16(10-12)23-3/h5-8,10-11,18H,4,9H2,1-3H3,(H,20,21). The first-order chi connectivity index (χ1) is 11.2. The lowest BCUT2D eigenvalue weighted by Gasteiger charge is -2.10. The summed E-state index contributed by atoms with van der Waals surface area (Å²) in [6.07, 6.45) is 2.68. The van der Waals surface area contributed by atoms with Crippen LogP contribution in [0.1, 0.15) is 23.8 Å². The van der Waals surface area contributed by atoms with Gasteiger partial charge in [-0.1, -0.05) is 6.92 Å². The van der Waals surface area contributed by atoms with E-state index in [0.717, 1.165) is 18.7 Å².